The van der Waals surface area contributed by atoms with Gasteiger partial charge in [-0.15, -0.1) is 0 Å². The van der Waals surface area contributed by atoms with Crippen LogP contribution in [0.5, 0.6) is 0 Å². The number of carbonyl (C=O) groups is 1. The van der Waals surface area contributed by atoms with Crippen LogP contribution in [0.1, 0.15) is 40.5 Å². The molecule has 2 aromatic rings. The van der Waals surface area contributed by atoms with Crippen LogP contribution in [0, 0.1) is 6.92 Å². The fourth-order valence-electron chi connectivity index (χ4n) is 3.59. The summed E-state index contributed by atoms with van der Waals surface area (Å²) in [5.74, 6) is 0.0753. The van der Waals surface area contributed by atoms with Crippen molar-refractivity contribution >= 4 is 11.6 Å². The van der Waals surface area contributed by atoms with Gasteiger partial charge in [-0.05, 0) is 37.5 Å². The zero-order chi connectivity index (χ0) is 16.5. The molecule has 124 valence electrons. The SMILES string of the molecule is Cc1cccc([C@H]2Nc3ccccc3C(=O)N2C[C@H]2CCCO2)c1. The van der Waals surface area contributed by atoms with E-state index in [0.29, 0.717) is 6.54 Å². The summed E-state index contributed by atoms with van der Waals surface area (Å²) in [6.45, 7) is 3.50. The summed E-state index contributed by atoms with van der Waals surface area (Å²) in [6.07, 6.45) is 2.07. The molecule has 2 heterocycles. The maximum Gasteiger partial charge on any atom is 0.257 e. The number of anilines is 1. The number of benzene rings is 2. The fraction of sp³-hybridized carbons (Fsp3) is 0.350. The van der Waals surface area contributed by atoms with Gasteiger partial charge in [0, 0.05) is 18.8 Å². The van der Waals surface area contributed by atoms with E-state index in [0.717, 1.165) is 36.3 Å². The molecule has 2 aromatic carbocycles. The van der Waals surface area contributed by atoms with Crippen LogP contribution in [0.4, 0.5) is 5.69 Å². The molecule has 0 spiro atoms. The average molecular weight is 322 g/mol. The maximum absolute atomic E-state index is 13.1. The number of nitrogens with zero attached hydrogens (tertiary/aromatic N) is 1. The van der Waals surface area contributed by atoms with Gasteiger partial charge in [0.1, 0.15) is 6.17 Å². The maximum atomic E-state index is 13.1. The zero-order valence-electron chi connectivity index (χ0n) is 13.9. The summed E-state index contributed by atoms with van der Waals surface area (Å²) in [5.41, 5.74) is 3.94. The van der Waals surface area contributed by atoms with Crippen molar-refractivity contribution < 1.29 is 9.53 Å². The summed E-state index contributed by atoms with van der Waals surface area (Å²) < 4.78 is 5.78. The molecular weight excluding hydrogens is 300 g/mol. The van der Waals surface area contributed by atoms with Crippen LogP contribution in [-0.2, 0) is 4.74 Å². The largest absolute Gasteiger partial charge is 0.376 e. The van der Waals surface area contributed by atoms with Gasteiger partial charge in [-0.25, -0.2) is 0 Å². The van der Waals surface area contributed by atoms with Gasteiger partial charge in [-0.1, -0.05) is 42.0 Å². The standard InChI is InChI=1S/C20H22N2O2/c1-14-6-4-7-15(12-14)19-21-18-10-3-2-9-17(18)20(23)22(19)13-16-8-5-11-24-16/h2-4,6-7,9-10,12,16,19,21H,5,8,11,13H2,1H3/t16-,19+/m1/s1. The second-order valence-electron chi connectivity index (χ2n) is 6.60. The molecule has 4 nitrogen and oxygen atoms in total. The molecule has 1 N–H and O–H groups in total. The number of nitrogens with one attached hydrogen (secondary N) is 1. The number of hydrogen-bond acceptors (Lipinski definition) is 3. The lowest BCUT2D eigenvalue weighted by molar-refractivity contribution is 0.0427. The minimum absolute atomic E-state index is 0.0753. The molecule has 0 bridgehead atoms. The van der Waals surface area contributed by atoms with Crippen molar-refractivity contribution in [3.63, 3.8) is 0 Å². The van der Waals surface area contributed by atoms with E-state index in [2.05, 4.69) is 30.4 Å². The Bertz CT molecular complexity index is 753. The first-order valence-electron chi connectivity index (χ1n) is 8.57. The monoisotopic (exact) mass is 322 g/mol. The Labute approximate surface area is 142 Å². The predicted octanol–water partition coefficient (Wildman–Crippen LogP) is 3.74. The fourth-order valence-corrected chi connectivity index (χ4v) is 3.59. The molecule has 24 heavy (non-hydrogen) atoms. The average Bonchev–Trinajstić information content (AvgIpc) is 3.10. The highest BCUT2D eigenvalue weighted by Gasteiger charge is 2.35. The van der Waals surface area contributed by atoms with Crippen LogP contribution in [0.3, 0.4) is 0 Å². The van der Waals surface area contributed by atoms with E-state index in [1.165, 1.54) is 5.56 Å². The molecule has 4 rings (SSSR count). The van der Waals surface area contributed by atoms with Crippen molar-refractivity contribution in [2.24, 2.45) is 0 Å². The van der Waals surface area contributed by atoms with Crippen molar-refractivity contribution in [2.75, 3.05) is 18.5 Å². The first kappa shape index (κ1) is 15.2. The lowest BCUT2D eigenvalue weighted by Gasteiger charge is -2.39. The molecule has 2 aliphatic rings. The van der Waals surface area contributed by atoms with Crippen LogP contribution in [0.25, 0.3) is 0 Å². The Balaban J connectivity index is 1.72. The van der Waals surface area contributed by atoms with Crippen LogP contribution >= 0.6 is 0 Å². The van der Waals surface area contributed by atoms with Crippen LogP contribution in [0.2, 0.25) is 0 Å². The molecule has 4 heteroatoms. The van der Waals surface area contributed by atoms with E-state index < -0.39 is 0 Å². The lowest BCUT2D eigenvalue weighted by Crippen LogP contribution is -2.46. The lowest BCUT2D eigenvalue weighted by atomic mass is 10.0. The van der Waals surface area contributed by atoms with Crippen molar-refractivity contribution in [1.82, 2.24) is 4.90 Å². The third kappa shape index (κ3) is 2.78. The number of aryl methyl sites for hydroxylation is 1. The predicted molar refractivity (Wildman–Crippen MR) is 94.0 cm³/mol. The first-order valence-corrected chi connectivity index (χ1v) is 8.57. The summed E-state index contributed by atoms with van der Waals surface area (Å²) in [4.78, 5) is 15.0. The molecule has 0 aromatic heterocycles. The van der Waals surface area contributed by atoms with Gasteiger partial charge < -0.3 is 15.0 Å². The van der Waals surface area contributed by atoms with Crippen LogP contribution in [0.15, 0.2) is 48.5 Å². The Morgan fingerprint density at radius 3 is 2.88 bits per heavy atom. The number of hydrogen-bond donors (Lipinski definition) is 1. The van der Waals surface area contributed by atoms with E-state index in [9.17, 15) is 4.79 Å². The van der Waals surface area contributed by atoms with Gasteiger partial charge in [-0.2, -0.15) is 0 Å². The number of para-hydroxylation sites is 1. The molecule has 1 saturated heterocycles. The van der Waals surface area contributed by atoms with Crippen LogP contribution < -0.4 is 5.32 Å². The van der Waals surface area contributed by atoms with Crippen molar-refractivity contribution in [3.05, 3.63) is 65.2 Å². The van der Waals surface area contributed by atoms with E-state index >= 15 is 0 Å². The van der Waals surface area contributed by atoms with Crippen molar-refractivity contribution in [2.45, 2.75) is 32.0 Å². The summed E-state index contributed by atoms with van der Waals surface area (Å²) in [7, 11) is 0. The summed E-state index contributed by atoms with van der Waals surface area (Å²) >= 11 is 0. The Hall–Kier alpha value is -2.33. The number of amides is 1. The number of ether oxygens (including phenoxy) is 1. The Morgan fingerprint density at radius 2 is 2.08 bits per heavy atom. The Kier molecular flexibility index (Phi) is 3.98. The highest BCUT2D eigenvalue weighted by molar-refractivity contribution is 6.01. The molecular formula is C20H22N2O2. The topological polar surface area (TPSA) is 41.6 Å². The minimum Gasteiger partial charge on any atom is -0.376 e. The van der Waals surface area contributed by atoms with Gasteiger partial charge in [0.25, 0.3) is 5.91 Å². The normalized spacial score (nSPS) is 23.0. The molecule has 0 unspecified atom stereocenters. The molecule has 0 aliphatic carbocycles. The van der Waals surface area contributed by atoms with E-state index in [4.69, 9.17) is 4.74 Å². The van der Waals surface area contributed by atoms with Gasteiger partial charge in [-0.3, -0.25) is 4.79 Å². The van der Waals surface area contributed by atoms with Crippen LogP contribution in [-0.4, -0.2) is 30.1 Å². The molecule has 0 saturated carbocycles. The highest BCUT2D eigenvalue weighted by Crippen LogP contribution is 2.34. The Morgan fingerprint density at radius 1 is 1.21 bits per heavy atom. The third-order valence-electron chi connectivity index (χ3n) is 4.80. The second kappa shape index (κ2) is 6.29. The van der Waals surface area contributed by atoms with E-state index in [1.807, 2.05) is 35.2 Å². The van der Waals surface area contributed by atoms with Gasteiger partial charge in [0.15, 0.2) is 0 Å². The van der Waals surface area contributed by atoms with Crippen molar-refractivity contribution in [3.8, 4) is 0 Å². The summed E-state index contributed by atoms with van der Waals surface area (Å²) in [5, 5.41) is 3.54. The number of rotatable bonds is 3. The quantitative estimate of drug-likeness (QED) is 0.936. The molecule has 0 radical (unpaired) electrons. The smallest absolute Gasteiger partial charge is 0.257 e. The molecule has 2 atom stereocenters. The molecule has 1 fully saturated rings. The molecule has 1 amide bonds. The van der Waals surface area contributed by atoms with Gasteiger partial charge in [0.2, 0.25) is 0 Å². The second-order valence-corrected chi connectivity index (χ2v) is 6.60. The first-order chi connectivity index (χ1) is 11.7. The van der Waals surface area contributed by atoms with E-state index in [-0.39, 0.29) is 18.2 Å². The van der Waals surface area contributed by atoms with Gasteiger partial charge >= 0.3 is 0 Å². The number of fused-ring (bicyclic) bond motifs is 1. The van der Waals surface area contributed by atoms with Gasteiger partial charge in [0.05, 0.1) is 11.7 Å². The third-order valence-corrected chi connectivity index (χ3v) is 4.80. The number of carbonyl (C=O) groups excluding carboxylic acids is 1. The van der Waals surface area contributed by atoms with E-state index in [1.54, 1.807) is 0 Å². The summed E-state index contributed by atoms with van der Waals surface area (Å²) in [6, 6.07) is 16.1. The molecule has 2 aliphatic heterocycles. The highest BCUT2D eigenvalue weighted by atomic mass is 16.5. The zero-order valence-corrected chi connectivity index (χ0v) is 13.9. The minimum atomic E-state index is -0.156. The van der Waals surface area contributed by atoms with Crippen molar-refractivity contribution in [1.29, 1.82) is 0 Å².